The zero-order valence-electron chi connectivity index (χ0n) is 10.9. The van der Waals surface area contributed by atoms with Crippen molar-refractivity contribution >= 4 is 28.4 Å². The van der Waals surface area contributed by atoms with Crippen molar-refractivity contribution in [2.45, 2.75) is 17.9 Å². The summed E-state index contributed by atoms with van der Waals surface area (Å²) in [5, 5.41) is 5.22. The fourth-order valence-corrected chi connectivity index (χ4v) is 3.43. The van der Waals surface area contributed by atoms with Gasteiger partial charge in [0.05, 0.1) is 12.7 Å². The highest BCUT2D eigenvalue weighted by molar-refractivity contribution is 7.99. The summed E-state index contributed by atoms with van der Waals surface area (Å²) >= 11 is 1.73. The maximum Gasteiger partial charge on any atom is 0.252 e. The topological polar surface area (TPSA) is 38.3 Å². The van der Waals surface area contributed by atoms with Crippen molar-refractivity contribution in [2.75, 3.05) is 12.9 Å². The Hall–Kier alpha value is -1.68. The van der Waals surface area contributed by atoms with Gasteiger partial charge in [-0.3, -0.25) is 4.79 Å². The van der Waals surface area contributed by atoms with Crippen LogP contribution in [0.1, 0.15) is 17.3 Å². The summed E-state index contributed by atoms with van der Waals surface area (Å²) in [6, 6.07) is 10.1. The van der Waals surface area contributed by atoms with Crippen molar-refractivity contribution in [2.24, 2.45) is 0 Å². The minimum absolute atomic E-state index is 0.0113. The number of fused-ring (bicyclic) bond motifs is 3. The van der Waals surface area contributed by atoms with E-state index < -0.39 is 0 Å². The van der Waals surface area contributed by atoms with E-state index in [4.69, 9.17) is 4.74 Å². The van der Waals surface area contributed by atoms with Gasteiger partial charge in [-0.05, 0) is 35.9 Å². The summed E-state index contributed by atoms with van der Waals surface area (Å²) in [5.41, 5.74) is 0.759. The summed E-state index contributed by atoms with van der Waals surface area (Å²) < 4.78 is 5.28. The van der Waals surface area contributed by atoms with Gasteiger partial charge < -0.3 is 10.1 Å². The van der Waals surface area contributed by atoms with Gasteiger partial charge in [0.2, 0.25) is 0 Å². The normalized spacial score (nSPS) is 18.6. The van der Waals surface area contributed by atoms with Gasteiger partial charge in [-0.15, -0.1) is 11.8 Å². The van der Waals surface area contributed by atoms with E-state index in [1.54, 1.807) is 18.9 Å². The minimum atomic E-state index is 0.0113. The number of hydrogen-bond donors (Lipinski definition) is 1. The molecule has 0 aliphatic carbocycles. The first-order valence-corrected chi connectivity index (χ1v) is 7.22. The number of rotatable bonds is 1. The van der Waals surface area contributed by atoms with Gasteiger partial charge >= 0.3 is 0 Å². The summed E-state index contributed by atoms with van der Waals surface area (Å²) in [6.45, 7) is 2.03. The van der Waals surface area contributed by atoms with E-state index in [-0.39, 0.29) is 11.9 Å². The monoisotopic (exact) mass is 273 g/mol. The number of thioether (sulfide) groups is 1. The van der Waals surface area contributed by atoms with Crippen LogP contribution in [0.4, 0.5) is 0 Å². The lowest BCUT2D eigenvalue weighted by atomic mass is 10.1. The Bertz CT molecular complexity index is 654. The number of benzene rings is 2. The first kappa shape index (κ1) is 12.4. The Balaban J connectivity index is 2.24. The molecule has 3 nitrogen and oxygen atoms in total. The first-order chi connectivity index (χ1) is 9.19. The maximum atomic E-state index is 12.2. The highest BCUT2D eigenvalue weighted by atomic mass is 32.2. The molecule has 0 saturated carbocycles. The molecule has 0 aromatic heterocycles. The second kappa shape index (κ2) is 4.78. The summed E-state index contributed by atoms with van der Waals surface area (Å²) in [7, 11) is 1.66. The van der Waals surface area contributed by atoms with Gasteiger partial charge in [-0.25, -0.2) is 0 Å². The third-order valence-corrected chi connectivity index (χ3v) is 4.67. The molecule has 0 radical (unpaired) electrons. The number of carbonyl (C=O) groups excluding carboxylic acids is 1. The summed E-state index contributed by atoms with van der Waals surface area (Å²) in [6.07, 6.45) is 0. The Labute approximate surface area is 116 Å². The number of carbonyl (C=O) groups is 1. The largest absolute Gasteiger partial charge is 0.497 e. The van der Waals surface area contributed by atoms with Gasteiger partial charge in [0, 0.05) is 16.7 Å². The molecular weight excluding hydrogens is 258 g/mol. The van der Waals surface area contributed by atoms with Gasteiger partial charge in [-0.1, -0.05) is 12.1 Å². The third kappa shape index (κ3) is 2.16. The number of amides is 1. The van der Waals surface area contributed by atoms with Crippen molar-refractivity contribution in [1.82, 2.24) is 5.32 Å². The molecule has 1 atom stereocenters. The number of nitrogens with one attached hydrogen (secondary N) is 1. The fraction of sp³-hybridized carbons (Fsp3) is 0.267. The molecule has 2 aromatic rings. The van der Waals surface area contributed by atoms with Crippen molar-refractivity contribution in [3.63, 3.8) is 0 Å². The van der Waals surface area contributed by atoms with E-state index >= 15 is 0 Å². The molecule has 4 heteroatoms. The van der Waals surface area contributed by atoms with E-state index in [0.29, 0.717) is 0 Å². The summed E-state index contributed by atoms with van der Waals surface area (Å²) in [5.74, 6) is 1.71. The van der Waals surface area contributed by atoms with Crippen LogP contribution in [0, 0.1) is 0 Å². The van der Waals surface area contributed by atoms with Crippen molar-refractivity contribution in [1.29, 1.82) is 0 Å². The zero-order valence-corrected chi connectivity index (χ0v) is 11.7. The highest BCUT2D eigenvalue weighted by Crippen LogP contribution is 2.35. The van der Waals surface area contributed by atoms with Crippen LogP contribution in [0.25, 0.3) is 10.8 Å². The molecule has 1 unspecified atom stereocenters. The number of hydrogen-bond acceptors (Lipinski definition) is 3. The summed E-state index contributed by atoms with van der Waals surface area (Å²) in [4.78, 5) is 13.2. The van der Waals surface area contributed by atoms with Crippen LogP contribution in [0.3, 0.4) is 0 Å². The van der Waals surface area contributed by atoms with Gasteiger partial charge in [0.15, 0.2) is 0 Å². The minimum Gasteiger partial charge on any atom is -0.497 e. The van der Waals surface area contributed by atoms with Gasteiger partial charge in [-0.2, -0.15) is 0 Å². The highest BCUT2D eigenvalue weighted by Gasteiger charge is 2.21. The molecule has 1 heterocycles. The van der Waals surface area contributed by atoms with Crippen LogP contribution in [-0.2, 0) is 0 Å². The molecule has 1 aliphatic rings. The smallest absolute Gasteiger partial charge is 0.252 e. The predicted octanol–water partition coefficient (Wildman–Crippen LogP) is 3.07. The quantitative estimate of drug-likeness (QED) is 0.867. The van der Waals surface area contributed by atoms with E-state index in [1.165, 1.54) is 0 Å². The average Bonchev–Trinajstić information content (AvgIpc) is 2.57. The molecule has 19 heavy (non-hydrogen) atoms. The van der Waals surface area contributed by atoms with Crippen molar-refractivity contribution in [3.8, 4) is 5.75 Å². The third-order valence-electron chi connectivity index (χ3n) is 3.28. The van der Waals surface area contributed by atoms with E-state index in [2.05, 4.69) is 5.32 Å². The van der Waals surface area contributed by atoms with Gasteiger partial charge in [0.1, 0.15) is 5.75 Å². The molecule has 1 amide bonds. The lowest BCUT2D eigenvalue weighted by molar-refractivity contribution is 0.0942. The molecule has 1 N–H and O–H groups in total. The van der Waals surface area contributed by atoms with Crippen LogP contribution in [0.15, 0.2) is 35.2 Å². The van der Waals surface area contributed by atoms with E-state index in [9.17, 15) is 4.79 Å². The van der Waals surface area contributed by atoms with E-state index in [1.807, 2.05) is 37.3 Å². The van der Waals surface area contributed by atoms with Gasteiger partial charge in [0.25, 0.3) is 5.91 Å². The lowest BCUT2D eigenvalue weighted by Crippen LogP contribution is -2.32. The second-order valence-electron chi connectivity index (χ2n) is 4.71. The molecule has 0 fully saturated rings. The molecule has 98 valence electrons. The molecule has 2 aromatic carbocycles. The van der Waals surface area contributed by atoms with Crippen LogP contribution in [0.5, 0.6) is 5.75 Å². The second-order valence-corrected chi connectivity index (χ2v) is 5.75. The first-order valence-electron chi connectivity index (χ1n) is 6.23. The lowest BCUT2D eigenvalue weighted by Gasteiger charge is -2.09. The van der Waals surface area contributed by atoms with Crippen molar-refractivity contribution < 1.29 is 9.53 Å². The maximum absolute atomic E-state index is 12.2. The SMILES string of the molecule is COc1ccc2ccc3c(c2c1)SCC(C)NC3=O. The Kier molecular flexibility index (Phi) is 3.11. The Morgan fingerprint density at radius 1 is 1.32 bits per heavy atom. The molecule has 0 bridgehead atoms. The molecule has 0 saturated heterocycles. The zero-order chi connectivity index (χ0) is 13.4. The molecule has 3 rings (SSSR count). The fourth-order valence-electron chi connectivity index (χ4n) is 2.28. The Morgan fingerprint density at radius 3 is 2.89 bits per heavy atom. The van der Waals surface area contributed by atoms with Crippen LogP contribution < -0.4 is 10.1 Å². The van der Waals surface area contributed by atoms with Crippen LogP contribution in [0.2, 0.25) is 0 Å². The average molecular weight is 273 g/mol. The number of ether oxygens (including phenoxy) is 1. The number of methoxy groups -OCH3 is 1. The standard InChI is InChI=1S/C15H15NO2S/c1-9-8-19-14-12(15(17)16-9)6-4-10-3-5-11(18-2)7-13(10)14/h3-7,9H,8H2,1-2H3,(H,16,17). The van der Waals surface area contributed by atoms with E-state index in [0.717, 1.165) is 32.7 Å². The van der Waals surface area contributed by atoms with Crippen LogP contribution in [-0.4, -0.2) is 24.8 Å². The predicted molar refractivity (Wildman–Crippen MR) is 78.2 cm³/mol. The van der Waals surface area contributed by atoms with Crippen LogP contribution >= 0.6 is 11.8 Å². The Morgan fingerprint density at radius 2 is 2.11 bits per heavy atom. The molecular formula is C15H15NO2S. The van der Waals surface area contributed by atoms with Crippen molar-refractivity contribution in [3.05, 3.63) is 35.9 Å². The molecule has 0 spiro atoms. The molecule has 1 aliphatic heterocycles.